The van der Waals surface area contributed by atoms with Gasteiger partial charge in [0.1, 0.15) is 5.75 Å². The van der Waals surface area contributed by atoms with E-state index in [1.807, 2.05) is 0 Å². The molecule has 20 heavy (non-hydrogen) atoms. The Balaban J connectivity index is 2.69. The number of aromatic hydroxyl groups is 1. The second-order valence-corrected chi connectivity index (χ2v) is 7.71. The van der Waals surface area contributed by atoms with Crippen LogP contribution in [0.3, 0.4) is 0 Å². The van der Waals surface area contributed by atoms with Crippen LogP contribution in [0.2, 0.25) is 0 Å². The van der Waals surface area contributed by atoms with Gasteiger partial charge in [0.15, 0.2) is 0 Å². The van der Waals surface area contributed by atoms with E-state index >= 15 is 0 Å². The molecule has 0 fully saturated rings. The lowest BCUT2D eigenvalue weighted by Crippen LogP contribution is -2.19. The highest BCUT2D eigenvalue weighted by Gasteiger charge is 2.29. The molecular formula is C19H26O. The third-order valence-corrected chi connectivity index (χ3v) is 3.85. The number of phenolic OH excluding ortho intramolecular Hbond substituents is 1. The summed E-state index contributed by atoms with van der Waals surface area (Å²) in [4.78, 5) is 0. The number of rotatable bonds is 1. The largest absolute Gasteiger partial charge is 0.507 e. The first-order valence-corrected chi connectivity index (χ1v) is 7.35. The van der Waals surface area contributed by atoms with Crippen molar-refractivity contribution in [1.82, 2.24) is 0 Å². The fourth-order valence-corrected chi connectivity index (χ4v) is 2.87. The minimum Gasteiger partial charge on any atom is -0.507 e. The Labute approximate surface area is 123 Å². The Morgan fingerprint density at radius 3 is 2.05 bits per heavy atom. The zero-order valence-electron chi connectivity index (χ0n) is 13.5. The van der Waals surface area contributed by atoms with Gasteiger partial charge in [0.25, 0.3) is 0 Å². The molecular weight excluding hydrogens is 244 g/mol. The normalized spacial score (nSPS) is 15.6. The van der Waals surface area contributed by atoms with Crippen LogP contribution >= 0.6 is 0 Å². The lowest BCUT2D eigenvalue weighted by molar-refractivity contribution is 0.423. The SMILES string of the molecule is CC(C)(C)c1ccc(C2=CC=CC2)c(C(C)(C)C)c1O. The molecule has 0 saturated carbocycles. The van der Waals surface area contributed by atoms with E-state index in [0.717, 1.165) is 17.5 Å². The van der Waals surface area contributed by atoms with Gasteiger partial charge in [-0.15, -0.1) is 0 Å². The van der Waals surface area contributed by atoms with Gasteiger partial charge in [-0.25, -0.2) is 0 Å². The topological polar surface area (TPSA) is 20.2 Å². The molecule has 1 aromatic carbocycles. The van der Waals surface area contributed by atoms with E-state index in [0.29, 0.717) is 5.75 Å². The van der Waals surface area contributed by atoms with Gasteiger partial charge < -0.3 is 5.11 Å². The summed E-state index contributed by atoms with van der Waals surface area (Å²) in [5.74, 6) is 0.468. The van der Waals surface area contributed by atoms with Crippen LogP contribution in [0, 0.1) is 0 Å². The van der Waals surface area contributed by atoms with Gasteiger partial charge in [0, 0.05) is 5.56 Å². The van der Waals surface area contributed by atoms with Crippen molar-refractivity contribution in [1.29, 1.82) is 0 Å². The Hall–Kier alpha value is -1.50. The summed E-state index contributed by atoms with van der Waals surface area (Å²) in [6.45, 7) is 12.9. The summed E-state index contributed by atoms with van der Waals surface area (Å²) in [7, 11) is 0. The fourth-order valence-electron chi connectivity index (χ4n) is 2.87. The average molecular weight is 270 g/mol. The van der Waals surface area contributed by atoms with Crippen molar-refractivity contribution < 1.29 is 5.11 Å². The number of allylic oxidation sites excluding steroid dienone is 4. The first kappa shape index (κ1) is 14.9. The Morgan fingerprint density at radius 2 is 1.60 bits per heavy atom. The monoisotopic (exact) mass is 270 g/mol. The van der Waals surface area contributed by atoms with Crippen molar-refractivity contribution in [3.63, 3.8) is 0 Å². The summed E-state index contributed by atoms with van der Waals surface area (Å²) in [6, 6.07) is 4.26. The molecule has 0 spiro atoms. The smallest absolute Gasteiger partial charge is 0.123 e. The van der Waals surface area contributed by atoms with Crippen molar-refractivity contribution in [3.8, 4) is 5.75 Å². The van der Waals surface area contributed by atoms with Crippen LogP contribution < -0.4 is 0 Å². The van der Waals surface area contributed by atoms with Crippen molar-refractivity contribution in [2.24, 2.45) is 0 Å². The molecule has 1 aliphatic rings. The Kier molecular flexibility index (Phi) is 3.58. The lowest BCUT2D eigenvalue weighted by Gasteiger charge is -2.29. The first-order valence-electron chi connectivity index (χ1n) is 7.35. The predicted octanol–water partition coefficient (Wildman–Crippen LogP) is 5.33. The molecule has 108 valence electrons. The van der Waals surface area contributed by atoms with E-state index in [-0.39, 0.29) is 10.8 Å². The van der Waals surface area contributed by atoms with Crippen LogP contribution in [0.15, 0.2) is 30.4 Å². The summed E-state index contributed by atoms with van der Waals surface area (Å²) in [5.41, 5.74) is 4.45. The molecule has 1 aliphatic carbocycles. The summed E-state index contributed by atoms with van der Waals surface area (Å²) < 4.78 is 0. The third-order valence-electron chi connectivity index (χ3n) is 3.85. The van der Waals surface area contributed by atoms with E-state index in [1.54, 1.807) is 0 Å². The Bertz CT molecular complexity index is 575. The van der Waals surface area contributed by atoms with Gasteiger partial charge >= 0.3 is 0 Å². The minimum atomic E-state index is -0.0793. The van der Waals surface area contributed by atoms with Gasteiger partial charge in [-0.3, -0.25) is 0 Å². The molecule has 0 aliphatic heterocycles. The summed E-state index contributed by atoms with van der Waals surface area (Å²) in [6.07, 6.45) is 7.37. The molecule has 1 N–H and O–H groups in total. The fraction of sp³-hybridized carbons (Fsp3) is 0.474. The zero-order valence-corrected chi connectivity index (χ0v) is 13.5. The average Bonchev–Trinajstić information content (AvgIpc) is 2.77. The second kappa shape index (κ2) is 4.80. The lowest BCUT2D eigenvalue weighted by atomic mass is 9.76. The molecule has 1 nitrogen and oxygen atoms in total. The third kappa shape index (κ3) is 2.67. The molecule has 0 bridgehead atoms. The summed E-state index contributed by atoms with van der Waals surface area (Å²) in [5, 5.41) is 10.9. The Morgan fingerprint density at radius 1 is 0.950 bits per heavy atom. The standard InChI is InChI=1S/C19H26O/c1-18(2,3)15-12-11-14(13-9-7-8-10-13)16(17(15)20)19(4,5)6/h7-9,11-12,20H,10H2,1-6H3. The number of benzene rings is 1. The van der Waals surface area contributed by atoms with Crippen LogP contribution in [0.4, 0.5) is 0 Å². The molecule has 1 aromatic rings. The summed E-state index contributed by atoms with van der Waals surface area (Å²) >= 11 is 0. The first-order chi connectivity index (χ1) is 9.12. The van der Waals surface area contributed by atoms with Gasteiger partial charge in [-0.1, -0.05) is 71.9 Å². The number of hydrogen-bond acceptors (Lipinski definition) is 1. The maximum Gasteiger partial charge on any atom is 0.123 e. The molecule has 0 amide bonds. The molecule has 0 unspecified atom stereocenters. The maximum atomic E-state index is 10.9. The molecule has 0 heterocycles. The molecule has 0 saturated heterocycles. The zero-order chi connectivity index (χ0) is 15.1. The van der Waals surface area contributed by atoms with Crippen LogP contribution in [0.5, 0.6) is 5.75 Å². The highest BCUT2D eigenvalue weighted by Crippen LogP contribution is 2.43. The quantitative estimate of drug-likeness (QED) is 0.731. The molecule has 2 rings (SSSR count). The predicted molar refractivity (Wildman–Crippen MR) is 87.2 cm³/mol. The maximum absolute atomic E-state index is 10.9. The minimum absolute atomic E-state index is 0.0507. The van der Waals surface area contributed by atoms with Crippen molar-refractivity contribution >= 4 is 5.57 Å². The van der Waals surface area contributed by atoms with Gasteiger partial charge in [-0.05, 0) is 34.0 Å². The van der Waals surface area contributed by atoms with Gasteiger partial charge in [0.05, 0.1) is 0 Å². The second-order valence-electron chi connectivity index (χ2n) is 7.71. The van der Waals surface area contributed by atoms with Crippen LogP contribution in [-0.4, -0.2) is 5.11 Å². The van der Waals surface area contributed by atoms with Crippen LogP contribution in [0.25, 0.3) is 5.57 Å². The van der Waals surface area contributed by atoms with Gasteiger partial charge in [-0.2, -0.15) is 0 Å². The highest BCUT2D eigenvalue weighted by molar-refractivity contribution is 5.76. The van der Waals surface area contributed by atoms with Crippen molar-refractivity contribution in [3.05, 3.63) is 47.1 Å². The molecule has 0 atom stereocenters. The van der Waals surface area contributed by atoms with E-state index in [4.69, 9.17) is 0 Å². The van der Waals surface area contributed by atoms with Crippen LogP contribution in [0.1, 0.15) is 64.7 Å². The number of hydrogen-bond donors (Lipinski definition) is 1. The molecule has 1 heteroatoms. The van der Waals surface area contributed by atoms with Crippen molar-refractivity contribution in [2.45, 2.75) is 58.8 Å². The molecule has 0 aromatic heterocycles. The van der Waals surface area contributed by atoms with Crippen molar-refractivity contribution in [2.75, 3.05) is 0 Å². The van der Waals surface area contributed by atoms with E-state index in [2.05, 4.69) is 71.9 Å². The number of phenols is 1. The van der Waals surface area contributed by atoms with E-state index in [1.165, 1.54) is 11.1 Å². The van der Waals surface area contributed by atoms with E-state index < -0.39 is 0 Å². The highest BCUT2D eigenvalue weighted by atomic mass is 16.3. The van der Waals surface area contributed by atoms with E-state index in [9.17, 15) is 5.11 Å². The molecule has 0 radical (unpaired) electrons. The van der Waals surface area contributed by atoms with Gasteiger partial charge in [0.2, 0.25) is 0 Å². The van der Waals surface area contributed by atoms with Crippen LogP contribution in [-0.2, 0) is 10.8 Å².